The molecule has 0 unspecified atom stereocenters. The smallest absolute Gasteiger partial charge is 0.0431 e. The van der Waals surface area contributed by atoms with Crippen molar-refractivity contribution < 1.29 is 5.11 Å². The summed E-state index contributed by atoms with van der Waals surface area (Å²) in [4.78, 5) is 2.54. The second-order valence-electron chi connectivity index (χ2n) is 4.20. The second-order valence-corrected chi connectivity index (χ2v) is 4.20. The van der Waals surface area contributed by atoms with E-state index in [1.54, 1.807) is 0 Å². The molecule has 0 aromatic heterocycles. The number of aliphatic hydroxyl groups excluding tert-OH is 1. The van der Waals surface area contributed by atoms with Crippen molar-refractivity contribution >= 4 is 0 Å². The average Bonchev–Trinajstić information content (AvgIpc) is 2.07. The monoisotopic (exact) mass is 185 g/mol. The Morgan fingerprint density at radius 3 is 2.62 bits per heavy atom. The lowest BCUT2D eigenvalue weighted by Crippen LogP contribution is -2.46. The van der Waals surface area contributed by atoms with Crippen LogP contribution in [0.2, 0.25) is 0 Å². The van der Waals surface area contributed by atoms with Crippen molar-refractivity contribution in [1.29, 1.82) is 0 Å². The van der Waals surface area contributed by atoms with Crippen LogP contribution in [0.5, 0.6) is 0 Å². The first-order valence-electron chi connectivity index (χ1n) is 5.70. The minimum absolute atomic E-state index is 0.360. The summed E-state index contributed by atoms with van der Waals surface area (Å²) < 4.78 is 0. The van der Waals surface area contributed by atoms with Gasteiger partial charge in [-0.2, -0.15) is 0 Å². The topological polar surface area (TPSA) is 23.5 Å². The number of likely N-dealkylation sites (tertiary alicyclic amines) is 1. The zero-order chi connectivity index (χ0) is 9.52. The Morgan fingerprint density at radius 2 is 2.00 bits per heavy atom. The maximum absolute atomic E-state index is 8.60. The molecule has 0 radical (unpaired) electrons. The molecular formula is C11H23NO. The zero-order valence-corrected chi connectivity index (χ0v) is 8.84. The van der Waals surface area contributed by atoms with Gasteiger partial charge < -0.3 is 10.0 Å². The lowest BCUT2D eigenvalue weighted by atomic mass is 9.95. The number of aliphatic hydroxyl groups is 1. The minimum atomic E-state index is 0.360. The molecule has 1 heterocycles. The van der Waals surface area contributed by atoms with Gasteiger partial charge in [0.2, 0.25) is 0 Å². The van der Waals surface area contributed by atoms with E-state index in [0.29, 0.717) is 6.61 Å². The summed E-state index contributed by atoms with van der Waals surface area (Å²) in [5.74, 6) is 0.989. The third-order valence-electron chi connectivity index (χ3n) is 2.86. The quantitative estimate of drug-likeness (QED) is 0.612. The van der Waals surface area contributed by atoms with E-state index in [1.807, 2.05) is 0 Å². The van der Waals surface area contributed by atoms with Gasteiger partial charge in [-0.3, -0.25) is 0 Å². The van der Waals surface area contributed by atoms with E-state index < -0.39 is 0 Å². The van der Waals surface area contributed by atoms with Gasteiger partial charge in [0.15, 0.2) is 0 Å². The van der Waals surface area contributed by atoms with Gasteiger partial charge in [-0.15, -0.1) is 0 Å². The maximum Gasteiger partial charge on any atom is 0.0431 e. The molecule has 0 saturated carbocycles. The molecule has 1 aliphatic heterocycles. The molecule has 2 nitrogen and oxygen atoms in total. The van der Waals surface area contributed by atoms with Crippen LogP contribution in [-0.4, -0.2) is 36.2 Å². The predicted molar refractivity (Wildman–Crippen MR) is 55.8 cm³/mol. The minimum Gasteiger partial charge on any atom is -0.396 e. The molecule has 0 aromatic rings. The van der Waals surface area contributed by atoms with Gasteiger partial charge in [-0.05, 0) is 38.1 Å². The number of hydrogen-bond acceptors (Lipinski definition) is 2. The van der Waals surface area contributed by atoms with Crippen LogP contribution in [-0.2, 0) is 0 Å². The Hall–Kier alpha value is -0.0800. The van der Waals surface area contributed by atoms with Crippen molar-refractivity contribution in [3.8, 4) is 0 Å². The first-order chi connectivity index (χ1) is 6.36. The van der Waals surface area contributed by atoms with E-state index in [0.717, 1.165) is 12.3 Å². The molecule has 2 heteroatoms. The number of nitrogens with zero attached hydrogens (tertiary/aromatic N) is 1. The highest BCUT2D eigenvalue weighted by molar-refractivity contribution is 4.78. The molecule has 0 aromatic carbocycles. The summed E-state index contributed by atoms with van der Waals surface area (Å²) in [5, 5.41) is 8.60. The fourth-order valence-electron chi connectivity index (χ4n) is 2.07. The van der Waals surface area contributed by atoms with Gasteiger partial charge in [0, 0.05) is 19.7 Å². The van der Waals surface area contributed by atoms with Crippen LogP contribution >= 0.6 is 0 Å². The Kier molecular flexibility index (Phi) is 5.40. The molecule has 13 heavy (non-hydrogen) atoms. The molecular weight excluding hydrogens is 162 g/mol. The molecule has 1 fully saturated rings. The van der Waals surface area contributed by atoms with Crippen LogP contribution in [0.1, 0.15) is 39.0 Å². The van der Waals surface area contributed by atoms with Crippen molar-refractivity contribution in [1.82, 2.24) is 4.90 Å². The summed E-state index contributed by atoms with van der Waals surface area (Å²) in [6.45, 7) is 6.53. The summed E-state index contributed by atoms with van der Waals surface area (Å²) in [7, 11) is 0. The molecule has 0 aliphatic carbocycles. The van der Waals surface area contributed by atoms with E-state index in [4.69, 9.17) is 5.11 Å². The molecule has 1 aliphatic rings. The fraction of sp³-hybridized carbons (Fsp3) is 1.00. The Balaban J connectivity index is 1.84. The van der Waals surface area contributed by atoms with Crippen molar-refractivity contribution in [2.75, 3.05) is 26.2 Å². The summed E-state index contributed by atoms with van der Waals surface area (Å²) in [6, 6.07) is 0. The van der Waals surface area contributed by atoms with E-state index in [-0.39, 0.29) is 0 Å². The van der Waals surface area contributed by atoms with Gasteiger partial charge in [-0.25, -0.2) is 0 Å². The van der Waals surface area contributed by atoms with Crippen LogP contribution in [0.25, 0.3) is 0 Å². The molecule has 0 atom stereocenters. The Morgan fingerprint density at radius 1 is 1.23 bits per heavy atom. The van der Waals surface area contributed by atoms with Crippen molar-refractivity contribution in [2.24, 2.45) is 5.92 Å². The highest BCUT2D eigenvalue weighted by Gasteiger charge is 2.24. The third kappa shape index (κ3) is 4.10. The van der Waals surface area contributed by atoms with Crippen molar-refractivity contribution in [3.05, 3.63) is 0 Å². The highest BCUT2D eigenvalue weighted by atomic mass is 16.2. The Labute approximate surface area is 81.9 Å². The maximum atomic E-state index is 8.60. The van der Waals surface area contributed by atoms with E-state index in [9.17, 15) is 0 Å². The van der Waals surface area contributed by atoms with E-state index in [2.05, 4.69) is 11.8 Å². The lowest BCUT2D eigenvalue weighted by molar-refractivity contribution is 0.0912. The molecule has 1 saturated heterocycles. The lowest BCUT2D eigenvalue weighted by Gasteiger charge is -2.39. The van der Waals surface area contributed by atoms with Crippen LogP contribution in [0.15, 0.2) is 0 Å². The summed E-state index contributed by atoms with van der Waals surface area (Å²) >= 11 is 0. The highest BCUT2D eigenvalue weighted by Crippen LogP contribution is 2.20. The van der Waals surface area contributed by atoms with Crippen LogP contribution in [0, 0.1) is 5.92 Å². The van der Waals surface area contributed by atoms with Crippen LogP contribution < -0.4 is 0 Å². The van der Waals surface area contributed by atoms with Gasteiger partial charge in [0.25, 0.3) is 0 Å². The first-order valence-corrected chi connectivity index (χ1v) is 5.70. The summed E-state index contributed by atoms with van der Waals surface area (Å²) in [6.07, 6.45) is 6.17. The second kappa shape index (κ2) is 6.39. The molecule has 78 valence electrons. The number of hydrogen-bond donors (Lipinski definition) is 1. The van der Waals surface area contributed by atoms with Crippen molar-refractivity contribution in [2.45, 2.75) is 39.0 Å². The predicted octanol–water partition coefficient (Wildman–Crippen LogP) is 1.88. The Bertz CT molecular complexity index is 121. The summed E-state index contributed by atoms with van der Waals surface area (Å²) in [5.41, 5.74) is 0. The fourth-order valence-corrected chi connectivity index (χ4v) is 2.07. The molecule has 0 amide bonds. The third-order valence-corrected chi connectivity index (χ3v) is 2.86. The van der Waals surface area contributed by atoms with Crippen molar-refractivity contribution in [3.63, 3.8) is 0 Å². The SMILES string of the molecule is CCCC1CN(CCCCCO)C1. The first kappa shape index (κ1) is 11.0. The molecule has 1 rings (SSSR count). The van der Waals surface area contributed by atoms with Gasteiger partial charge in [0.1, 0.15) is 0 Å². The molecule has 1 N–H and O–H groups in total. The molecule has 0 bridgehead atoms. The van der Waals surface area contributed by atoms with Gasteiger partial charge in [0.05, 0.1) is 0 Å². The van der Waals surface area contributed by atoms with Crippen LogP contribution in [0.3, 0.4) is 0 Å². The van der Waals surface area contributed by atoms with E-state index in [1.165, 1.54) is 45.3 Å². The largest absolute Gasteiger partial charge is 0.396 e. The van der Waals surface area contributed by atoms with E-state index >= 15 is 0 Å². The molecule has 0 spiro atoms. The standard InChI is InChI=1S/C11H23NO/c1-2-6-11-9-12(10-11)7-4-3-5-8-13/h11,13H,2-10H2,1H3. The van der Waals surface area contributed by atoms with Gasteiger partial charge >= 0.3 is 0 Å². The van der Waals surface area contributed by atoms with Crippen LogP contribution in [0.4, 0.5) is 0 Å². The zero-order valence-electron chi connectivity index (χ0n) is 8.84. The number of rotatable bonds is 7. The number of unbranched alkanes of at least 4 members (excludes halogenated alkanes) is 2. The normalized spacial score (nSPS) is 18.9. The average molecular weight is 185 g/mol. The van der Waals surface area contributed by atoms with Gasteiger partial charge in [-0.1, -0.05) is 13.3 Å².